The van der Waals surface area contributed by atoms with Crippen LogP contribution in [0.1, 0.15) is 11.6 Å². The molecule has 104 valence electrons. The van der Waals surface area contributed by atoms with Gasteiger partial charge >= 0.3 is 0 Å². The number of phenols is 1. The number of ether oxygens (including phenoxy) is 1. The van der Waals surface area contributed by atoms with Gasteiger partial charge in [-0.25, -0.2) is 0 Å². The van der Waals surface area contributed by atoms with E-state index in [9.17, 15) is 9.90 Å². The number of aromatic hydroxyl groups is 1. The Morgan fingerprint density at radius 3 is 2.55 bits per heavy atom. The molecule has 5 nitrogen and oxygen atoms in total. The maximum absolute atomic E-state index is 12.0. The molecule has 0 bridgehead atoms. The highest BCUT2D eigenvalue weighted by Crippen LogP contribution is 2.28. The van der Waals surface area contributed by atoms with Gasteiger partial charge in [-0.05, 0) is 17.7 Å². The Balaban J connectivity index is 2.12. The average Bonchev–Trinajstić information content (AvgIpc) is 2.49. The van der Waals surface area contributed by atoms with Crippen molar-refractivity contribution in [2.45, 2.75) is 6.04 Å². The third-order valence-electron chi connectivity index (χ3n) is 2.90. The fraction of sp³-hybridized carbons (Fsp3) is 0.133. The van der Waals surface area contributed by atoms with Gasteiger partial charge in [0.15, 0.2) is 0 Å². The van der Waals surface area contributed by atoms with Crippen LogP contribution in [0.3, 0.4) is 0 Å². The van der Waals surface area contributed by atoms with E-state index in [0.717, 1.165) is 0 Å². The Morgan fingerprint density at radius 1 is 1.25 bits per heavy atom. The van der Waals surface area contributed by atoms with E-state index in [4.69, 9.17) is 10.5 Å². The summed E-state index contributed by atoms with van der Waals surface area (Å²) in [6, 6.07) is 12.9. The maximum Gasteiger partial charge on any atom is 0.245 e. The van der Waals surface area contributed by atoms with Crippen LogP contribution >= 0.6 is 0 Å². The van der Waals surface area contributed by atoms with Gasteiger partial charge in [0.25, 0.3) is 0 Å². The van der Waals surface area contributed by atoms with Crippen LogP contribution in [0.15, 0.2) is 48.5 Å². The van der Waals surface area contributed by atoms with Crippen LogP contribution in [0.25, 0.3) is 0 Å². The molecule has 0 radical (unpaired) electrons. The Labute approximate surface area is 117 Å². The number of phenolic OH excluding ortho intramolecular Hbond substituents is 1. The molecular formula is C15H16N2O3. The summed E-state index contributed by atoms with van der Waals surface area (Å²) < 4.78 is 4.97. The molecule has 0 aliphatic rings. The molecule has 0 spiro atoms. The molecule has 1 unspecified atom stereocenters. The fourth-order valence-electron chi connectivity index (χ4n) is 1.77. The Hall–Kier alpha value is -2.53. The summed E-state index contributed by atoms with van der Waals surface area (Å²) in [5.41, 5.74) is 6.87. The van der Waals surface area contributed by atoms with Gasteiger partial charge in [-0.3, -0.25) is 4.79 Å². The van der Waals surface area contributed by atoms with Crippen molar-refractivity contribution in [3.8, 4) is 11.5 Å². The van der Waals surface area contributed by atoms with Crippen LogP contribution in [0.2, 0.25) is 0 Å². The topological polar surface area (TPSA) is 84.6 Å². The molecule has 2 rings (SSSR count). The predicted molar refractivity (Wildman–Crippen MR) is 76.7 cm³/mol. The van der Waals surface area contributed by atoms with Gasteiger partial charge in [-0.2, -0.15) is 0 Å². The summed E-state index contributed by atoms with van der Waals surface area (Å²) in [5.74, 6) is 0.0440. The number of benzene rings is 2. The van der Waals surface area contributed by atoms with Crippen molar-refractivity contribution in [1.29, 1.82) is 0 Å². The van der Waals surface area contributed by atoms with Gasteiger partial charge in [0, 0.05) is 6.07 Å². The first-order valence-corrected chi connectivity index (χ1v) is 6.10. The monoisotopic (exact) mass is 272 g/mol. The number of methoxy groups -OCH3 is 1. The Bertz CT molecular complexity index is 599. The summed E-state index contributed by atoms with van der Waals surface area (Å²) in [6.07, 6.45) is 0. The van der Waals surface area contributed by atoms with E-state index in [1.54, 1.807) is 24.3 Å². The molecule has 1 amide bonds. The number of hydrogen-bond acceptors (Lipinski definition) is 4. The molecule has 2 aromatic rings. The van der Waals surface area contributed by atoms with Gasteiger partial charge in [0.05, 0.1) is 12.8 Å². The van der Waals surface area contributed by atoms with E-state index in [1.165, 1.54) is 13.2 Å². The largest absolute Gasteiger partial charge is 0.506 e. The molecule has 5 heteroatoms. The van der Waals surface area contributed by atoms with Crippen molar-refractivity contribution in [3.63, 3.8) is 0 Å². The summed E-state index contributed by atoms with van der Waals surface area (Å²) in [7, 11) is 1.50. The van der Waals surface area contributed by atoms with Crippen molar-refractivity contribution in [2.24, 2.45) is 5.73 Å². The number of nitrogens with one attached hydrogen (secondary N) is 1. The molecule has 4 N–H and O–H groups in total. The summed E-state index contributed by atoms with van der Waals surface area (Å²) in [5, 5.41) is 12.4. The van der Waals surface area contributed by atoms with Crippen LogP contribution in [0, 0.1) is 0 Å². The molecule has 0 aliphatic heterocycles. The molecule has 0 saturated carbocycles. The highest BCUT2D eigenvalue weighted by atomic mass is 16.5. The Morgan fingerprint density at radius 2 is 1.95 bits per heavy atom. The van der Waals surface area contributed by atoms with Gasteiger partial charge in [-0.1, -0.05) is 30.3 Å². The summed E-state index contributed by atoms with van der Waals surface area (Å²) in [4.78, 5) is 12.0. The standard InChI is InChI=1S/C15H16N2O3/c1-20-11-7-8-12(13(18)9-11)17-15(19)14(16)10-5-3-2-4-6-10/h2-9,14,18H,16H2,1H3,(H,17,19). The first-order chi connectivity index (χ1) is 9.61. The molecule has 0 saturated heterocycles. The number of nitrogens with two attached hydrogens (primary N) is 1. The summed E-state index contributed by atoms with van der Waals surface area (Å²) in [6.45, 7) is 0. The molecule has 0 aromatic heterocycles. The van der Waals surface area contributed by atoms with Crippen LogP contribution in [0.4, 0.5) is 5.69 Å². The minimum Gasteiger partial charge on any atom is -0.506 e. The van der Waals surface area contributed by atoms with Gasteiger partial charge in [-0.15, -0.1) is 0 Å². The zero-order chi connectivity index (χ0) is 14.5. The van der Waals surface area contributed by atoms with Crippen molar-refractivity contribution >= 4 is 11.6 Å². The SMILES string of the molecule is COc1ccc(NC(=O)C(N)c2ccccc2)c(O)c1. The van der Waals surface area contributed by atoms with E-state index in [-0.39, 0.29) is 5.75 Å². The maximum atomic E-state index is 12.0. The molecule has 2 aromatic carbocycles. The first-order valence-electron chi connectivity index (χ1n) is 6.10. The lowest BCUT2D eigenvalue weighted by molar-refractivity contribution is -0.117. The highest BCUT2D eigenvalue weighted by molar-refractivity contribution is 5.96. The smallest absolute Gasteiger partial charge is 0.245 e. The van der Waals surface area contributed by atoms with Crippen molar-refractivity contribution in [2.75, 3.05) is 12.4 Å². The zero-order valence-corrected chi connectivity index (χ0v) is 11.0. The van der Waals surface area contributed by atoms with Gasteiger partial charge in [0.2, 0.25) is 5.91 Å². The summed E-state index contributed by atoms with van der Waals surface area (Å²) >= 11 is 0. The third-order valence-corrected chi connectivity index (χ3v) is 2.90. The quantitative estimate of drug-likeness (QED) is 0.744. The van der Waals surface area contributed by atoms with E-state index in [2.05, 4.69) is 5.32 Å². The number of amides is 1. The van der Waals surface area contributed by atoms with E-state index in [1.807, 2.05) is 18.2 Å². The average molecular weight is 272 g/mol. The second-order valence-corrected chi connectivity index (χ2v) is 4.26. The van der Waals surface area contributed by atoms with E-state index in [0.29, 0.717) is 17.0 Å². The molecule has 0 heterocycles. The lowest BCUT2D eigenvalue weighted by atomic mass is 10.1. The van der Waals surface area contributed by atoms with E-state index >= 15 is 0 Å². The van der Waals surface area contributed by atoms with Crippen LogP contribution < -0.4 is 15.8 Å². The fourth-order valence-corrected chi connectivity index (χ4v) is 1.77. The lowest BCUT2D eigenvalue weighted by Gasteiger charge is -2.13. The normalized spacial score (nSPS) is 11.7. The van der Waals surface area contributed by atoms with Gasteiger partial charge in [0.1, 0.15) is 17.5 Å². The van der Waals surface area contributed by atoms with Crippen molar-refractivity contribution in [3.05, 3.63) is 54.1 Å². The van der Waals surface area contributed by atoms with Crippen LogP contribution in [0.5, 0.6) is 11.5 Å². The molecule has 0 aliphatic carbocycles. The molecule has 1 atom stereocenters. The number of anilines is 1. The van der Waals surface area contributed by atoms with Crippen LogP contribution in [-0.2, 0) is 4.79 Å². The molecule has 0 fully saturated rings. The highest BCUT2D eigenvalue weighted by Gasteiger charge is 2.16. The first kappa shape index (κ1) is 13.9. The number of hydrogen-bond donors (Lipinski definition) is 3. The number of rotatable bonds is 4. The van der Waals surface area contributed by atoms with Gasteiger partial charge < -0.3 is 20.9 Å². The van der Waals surface area contributed by atoms with Crippen molar-refractivity contribution < 1.29 is 14.6 Å². The number of carbonyl (C=O) groups is 1. The third kappa shape index (κ3) is 3.07. The van der Waals surface area contributed by atoms with E-state index < -0.39 is 11.9 Å². The van der Waals surface area contributed by atoms with Crippen LogP contribution in [-0.4, -0.2) is 18.1 Å². The minimum atomic E-state index is -0.794. The second kappa shape index (κ2) is 6.08. The zero-order valence-electron chi connectivity index (χ0n) is 11.0. The minimum absolute atomic E-state index is 0.0713. The molecule has 20 heavy (non-hydrogen) atoms. The van der Waals surface area contributed by atoms with Crippen molar-refractivity contribution in [1.82, 2.24) is 0 Å². The molecular weight excluding hydrogens is 256 g/mol. The number of carbonyl (C=O) groups excluding carboxylic acids is 1. The predicted octanol–water partition coefficient (Wildman–Crippen LogP) is 2.04. The second-order valence-electron chi connectivity index (χ2n) is 4.26. The lowest BCUT2D eigenvalue weighted by Crippen LogP contribution is -2.27. The Kier molecular flexibility index (Phi) is 4.22.